The van der Waals surface area contributed by atoms with Crippen LogP contribution < -0.4 is 4.90 Å². The Morgan fingerprint density at radius 3 is 2.27 bits per heavy atom. The van der Waals surface area contributed by atoms with E-state index in [0.717, 1.165) is 5.82 Å². The van der Waals surface area contributed by atoms with Crippen molar-refractivity contribution in [2.24, 2.45) is 0 Å². The minimum atomic E-state index is 0.326. The first-order chi connectivity index (χ1) is 5.11. The van der Waals surface area contributed by atoms with Gasteiger partial charge in [0.2, 0.25) is 0 Å². The number of rotatable bonds is 2. The molecule has 0 N–H and O–H groups in total. The highest BCUT2D eigenvalue weighted by Crippen LogP contribution is 2.13. The van der Waals surface area contributed by atoms with Gasteiger partial charge in [0.15, 0.2) is 5.82 Å². The Bertz CT molecular complexity index is 207. The number of anilines is 1. The lowest BCUT2D eigenvalue weighted by molar-refractivity contribution is 0.411. The number of hydrogen-bond acceptors (Lipinski definition) is 4. The van der Waals surface area contributed by atoms with Crippen LogP contribution in [0.2, 0.25) is 0 Å². The molecule has 1 heterocycles. The Morgan fingerprint density at radius 2 is 2.00 bits per heavy atom. The average Bonchev–Trinajstić information content (AvgIpc) is 2.33. The molecule has 1 rings (SSSR count). The summed E-state index contributed by atoms with van der Waals surface area (Å²) in [4.78, 5) is 5.95. The van der Waals surface area contributed by atoms with Crippen molar-refractivity contribution in [3.8, 4) is 0 Å². The van der Waals surface area contributed by atoms with E-state index >= 15 is 0 Å². The third-order valence-corrected chi connectivity index (χ3v) is 1.33. The summed E-state index contributed by atoms with van der Waals surface area (Å²) in [5, 5.41) is 3.81. The number of hydrogen-bond donors (Lipinski definition) is 0. The highest BCUT2D eigenvalue weighted by Gasteiger charge is 2.09. The zero-order chi connectivity index (χ0) is 8.43. The van der Waals surface area contributed by atoms with Crippen molar-refractivity contribution in [1.82, 2.24) is 10.1 Å². The van der Waals surface area contributed by atoms with Crippen molar-refractivity contribution in [2.75, 3.05) is 19.0 Å². The Balaban J connectivity index is 2.82. The topological polar surface area (TPSA) is 42.2 Å². The molecule has 0 atom stereocenters. The first-order valence-electron chi connectivity index (χ1n) is 3.62. The zero-order valence-corrected chi connectivity index (χ0v) is 7.33. The maximum absolute atomic E-state index is 4.95. The smallest absolute Gasteiger partial charge is 0.323 e. The lowest BCUT2D eigenvalue weighted by Crippen LogP contribution is -2.08. The number of aromatic nitrogens is 2. The second kappa shape index (κ2) is 2.90. The van der Waals surface area contributed by atoms with Crippen molar-refractivity contribution in [3.63, 3.8) is 0 Å². The molecule has 0 bridgehead atoms. The Hall–Kier alpha value is -1.06. The van der Waals surface area contributed by atoms with E-state index < -0.39 is 0 Å². The van der Waals surface area contributed by atoms with E-state index in [-0.39, 0.29) is 0 Å². The van der Waals surface area contributed by atoms with Crippen LogP contribution in [-0.4, -0.2) is 24.2 Å². The van der Waals surface area contributed by atoms with E-state index in [4.69, 9.17) is 4.52 Å². The molecular formula is C7H13N3O. The molecule has 0 amide bonds. The van der Waals surface area contributed by atoms with E-state index in [2.05, 4.69) is 10.1 Å². The molecule has 4 nitrogen and oxygen atoms in total. The van der Waals surface area contributed by atoms with Crippen LogP contribution in [0.1, 0.15) is 25.6 Å². The molecule has 0 spiro atoms. The summed E-state index contributed by atoms with van der Waals surface area (Å²) in [5.74, 6) is 1.08. The van der Waals surface area contributed by atoms with Crippen molar-refractivity contribution in [2.45, 2.75) is 19.8 Å². The Morgan fingerprint density at radius 1 is 1.36 bits per heavy atom. The van der Waals surface area contributed by atoms with Gasteiger partial charge in [-0.15, -0.1) is 0 Å². The highest BCUT2D eigenvalue weighted by molar-refractivity contribution is 5.21. The minimum absolute atomic E-state index is 0.326. The summed E-state index contributed by atoms with van der Waals surface area (Å²) in [6, 6.07) is 0.564. The van der Waals surface area contributed by atoms with Crippen LogP contribution in [0.15, 0.2) is 4.52 Å². The van der Waals surface area contributed by atoms with E-state index in [9.17, 15) is 0 Å². The van der Waals surface area contributed by atoms with E-state index in [0.29, 0.717) is 11.9 Å². The van der Waals surface area contributed by atoms with Crippen LogP contribution in [-0.2, 0) is 0 Å². The molecule has 0 unspecified atom stereocenters. The van der Waals surface area contributed by atoms with Gasteiger partial charge in [-0.05, 0) is 0 Å². The lowest BCUT2D eigenvalue weighted by atomic mass is 10.2. The monoisotopic (exact) mass is 155 g/mol. The van der Waals surface area contributed by atoms with E-state index in [1.807, 2.05) is 27.9 Å². The standard InChI is InChI=1S/C7H13N3O/c1-5(2)6-8-7(10(3)4)11-9-6/h5H,1-4H3. The van der Waals surface area contributed by atoms with Gasteiger partial charge in [0.05, 0.1) is 0 Å². The van der Waals surface area contributed by atoms with Crippen LogP contribution in [0.3, 0.4) is 0 Å². The second-order valence-corrected chi connectivity index (χ2v) is 2.98. The summed E-state index contributed by atoms with van der Waals surface area (Å²) in [5.41, 5.74) is 0. The third-order valence-electron chi connectivity index (χ3n) is 1.33. The van der Waals surface area contributed by atoms with Gasteiger partial charge >= 0.3 is 6.01 Å². The zero-order valence-electron chi connectivity index (χ0n) is 7.33. The van der Waals surface area contributed by atoms with Gasteiger partial charge < -0.3 is 9.42 Å². The summed E-state index contributed by atoms with van der Waals surface area (Å²) < 4.78 is 4.95. The first-order valence-corrected chi connectivity index (χ1v) is 3.62. The summed E-state index contributed by atoms with van der Waals surface area (Å²) >= 11 is 0. The van der Waals surface area contributed by atoms with Gasteiger partial charge in [-0.25, -0.2) is 0 Å². The average molecular weight is 155 g/mol. The Kier molecular flexibility index (Phi) is 2.12. The van der Waals surface area contributed by atoms with Crippen LogP contribution in [0.5, 0.6) is 0 Å². The molecule has 0 saturated heterocycles. The van der Waals surface area contributed by atoms with E-state index in [1.54, 1.807) is 4.90 Å². The first kappa shape index (κ1) is 8.04. The van der Waals surface area contributed by atoms with Crippen LogP contribution >= 0.6 is 0 Å². The highest BCUT2D eigenvalue weighted by atomic mass is 16.5. The molecular weight excluding hydrogens is 142 g/mol. The molecule has 0 fully saturated rings. The quantitative estimate of drug-likeness (QED) is 0.644. The Labute approximate surface area is 66.2 Å². The van der Waals surface area contributed by atoms with Gasteiger partial charge in [-0.3, -0.25) is 0 Å². The molecule has 11 heavy (non-hydrogen) atoms. The maximum atomic E-state index is 4.95. The predicted molar refractivity (Wildman–Crippen MR) is 42.7 cm³/mol. The minimum Gasteiger partial charge on any atom is -0.331 e. The second-order valence-electron chi connectivity index (χ2n) is 2.98. The van der Waals surface area contributed by atoms with Gasteiger partial charge in [0.1, 0.15) is 0 Å². The van der Waals surface area contributed by atoms with Crippen molar-refractivity contribution >= 4 is 6.01 Å². The van der Waals surface area contributed by atoms with Crippen LogP contribution in [0.25, 0.3) is 0 Å². The van der Waals surface area contributed by atoms with Gasteiger partial charge in [0, 0.05) is 20.0 Å². The summed E-state index contributed by atoms with van der Waals surface area (Å²) in [6.45, 7) is 4.06. The molecule has 0 aliphatic carbocycles. The molecule has 4 heteroatoms. The summed E-state index contributed by atoms with van der Waals surface area (Å²) in [7, 11) is 3.75. The predicted octanol–water partition coefficient (Wildman–Crippen LogP) is 1.26. The van der Waals surface area contributed by atoms with Crippen molar-refractivity contribution < 1.29 is 4.52 Å². The largest absolute Gasteiger partial charge is 0.331 e. The van der Waals surface area contributed by atoms with E-state index in [1.165, 1.54) is 0 Å². The molecule has 0 radical (unpaired) electrons. The van der Waals surface area contributed by atoms with Crippen LogP contribution in [0.4, 0.5) is 6.01 Å². The SMILES string of the molecule is CC(C)c1noc(N(C)C)n1. The maximum Gasteiger partial charge on any atom is 0.323 e. The molecule has 0 aliphatic heterocycles. The molecule has 0 aromatic carbocycles. The van der Waals surface area contributed by atoms with Crippen molar-refractivity contribution in [1.29, 1.82) is 0 Å². The molecule has 0 saturated carbocycles. The fraction of sp³-hybridized carbons (Fsp3) is 0.714. The molecule has 0 aliphatic rings. The third kappa shape index (κ3) is 1.69. The molecule has 1 aromatic rings. The van der Waals surface area contributed by atoms with Crippen LogP contribution in [0, 0.1) is 0 Å². The van der Waals surface area contributed by atoms with Gasteiger partial charge in [0.25, 0.3) is 0 Å². The summed E-state index contributed by atoms with van der Waals surface area (Å²) in [6.07, 6.45) is 0. The molecule has 62 valence electrons. The van der Waals surface area contributed by atoms with Gasteiger partial charge in [-0.1, -0.05) is 19.0 Å². The van der Waals surface area contributed by atoms with Gasteiger partial charge in [-0.2, -0.15) is 4.98 Å². The fourth-order valence-electron chi connectivity index (χ4n) is 0.643. The lowest BCUT2D eigenvalue weighted by Gasteiger charge is -2.02. The normalized spacial score (nSPS) is 10.6. The molecule has 1 aromatic heterocycles. The van der Waals surface area contributed by atoms with Crippen molar-refractivity contribution in [3.05, 3.63) is 5.82 Å². The fourth-order valence-corrected chi connectivity index (χ4v) is 0.643. The number of nitrogens with zero attached hydrogens (tertiary/aromatic N) is 3.